The van der Waals surface area contributed by atoms with Crippen LogP contribution in [0.15, 0.2) is 18.5 Å². The smallest absolute Gasteiger partial charge is 0.101 e. The second-order valence-corrected chi connectivity index (χ2v) is 3.48. The summed E-state index contributed by atoms with van der Waals surface area (Å²) < 4.78 is 0. The number of hydrogen-bond donors (Lipinski definition) is 1. The Balaban J connectivity index is 2.24. The number of nitrogens with two attached hydrogens (primary N) is 1. The minimum Gasteiger partial charge on any atom is -0.324 e. The maximum atomic E-state index is 8.67. The van der Waals surface area contributed by atoms with Gasteiger partial charge >= 0.3 is 0 Å². The van der Waals surface area contributed by atoms with Gasteiger partial charge in [-0.05, 0) is 30.4 Å². The van der Waals surface area contributed by atoms with Gasteiger partial charge in [0.15, 0.2) is 0 Å². The molecular formula is C10H11N3. The molecule has 2 N–H and O–H groups in total. The Morgan fingerprint density at radius 2 is 2.31 bits per heavy atom. The second-order valence-electron chi connectivity index (χ2n) is 3.48. The molecule has 66 valence electrons. The Hall–Kier alpha value is -1.40. The molecule has 0 spiro atoms. The van der Waals surface area contributed by atoms with E-state index in [1.54, 1.807) is 12.4 Å². The quantitative estimate of drug-likeness (QED) is 0.734. The maximum absolute atomic E-state index is 8.67. The SMILES string of the molecule is N#Cc1cncc([C@@H](N)C2CC2)c1. The zero-order chi connectivity index (χ0) is 9.26. The molecular weight excluding hydrogens is 162 g/mol. The van der Waals surface area contributed by atoms with E-state index in [-0.39, 0.29) is 6.04 Å². The van der Waals surface area contributed by atoms with E-state index in [2.05, 4.69) is 11.1 Å². The van der Waals surface area contributed by atoms with Crippen LogP contribution in [0.2, 0.25) is 0 Å². The Morgan fingerprint density at radius 1 is 1.54 bits per heavy atom. The van der Waals surface area contributed by atoms with Gasteiger partial charge < -0.3 is 5.73 Å². The zero-order valence-corrected chi connectivity index (χ0v) is 7.27. The predicted molar refractivity (Wildman–Crippen MR) is 48.6 cm³/mol. The van der Waals surface area contributed by atoms with Crippen LogP contribution in [0.1, 0.15) is 30.0 Å². The molecule has 1 atom stereocenters. The minimum absolute atomic E-state index is 0.0702. The van der Waals surface area contributed by atoms with Crippen molar-refractivity contribution >= 4 is 0 Å². The summed E-state index contributed by atoms with van der Waals surface area (Å²) in [6.45, 7) is 0. The molecule has 1 aromatic heterocycles. The lowest BCUT2D eigenvalue weighted by Gasteiger charge is -2.09. The summed E-state index contributed by atoms with van der Waals surface area (Å²) in [7, 11) is 0. The summed E-state index contributed by atoms with van der Waals surface area (Å²) in [6, 6.07) is 3.96. The summed E-state index contributed by atoms with van der Waals surface area (Å²) in [6.07, 6.45) is 5.73. The number of rotatable bonds is 2. The third-order valence-corrected chi connectivity index (χ3v) is 2.40. The molecule has 0 unspecified atom stereocenters. The van der Waals surface area contributed by atoms with Gasteiger partial charge in [0.2, 0.25) is 0 Å². The molecule has 1 fully saturated rings. The molecule has 1 saturated carbocycles. The summed E-state index contributed by atoms with van der Waals surface area (Å²) in [5.74, 6) is 0.607. The third-order valence-electron chi connectivity index (χ3n) is 2.40. The van der Waals surface area contributed by atoms with E-state index < -0.39 is 0 Å². The average Bonchev–Trinajstić information content (AvgIpc) is 3.00. The van der Waals surface area contributed by atoms with Crippen LogP contribution in [0, 0.1) is 17.2 Å². The Kier molecular flexibility index (Phi) is 1.99. The van der Waals surface area contributed by atoms with Crippen LogP contribution in [0.25, 0.3) is 0 Å². The van der Waals surface area contributed by atoms with Crippen molar-refractivity contribution in [1.82, 2.24) is 4.98 Å². The highest BCUT2D eigenvalue weighted by Gasteiger charge is 2.29. The Morgan fingerprint density at radius 3 is 2.92 bits per heavy atom. The second kappa shape index (κ2) is 3.15. The van der Waals surface area contributed by atoms with Crippen LogP contribution in [0.5, 0.6) is 0 Å². The van der Waals surface area contributed by atoms with Crippen molar-refractivity contribution in [2.24, 2.45) is 11.7 Å². The van der Waals surface area contributed by atoms with Crippen LogP contribution >= 0.6 is 0 Å². The molecule has 13 heavy (non-hydrogen) atoms. The molecule has 1 aliphatic rings. The summed E-state index contributed by atoms with van der Waals surface area (Å²) in [4.78, 5) is 3.98. The van der Waals surface area contributed by atoms with Gasteiger partial charge in [0, 0.05) is 18.4 Å². The number of nitriles is 1. The summed E-state index contributed by atoms with van der Waals surface area (Å²) >= 11 is 0. The molecule has 0 aliphatic heterocycles. The molecule has 3 heteroatoms. The first-order valence-electron chi connectivity index (χ1n) is 4.42. The van der Waals surface area contributed by atoms with Crippen molar-refractivity contribution in [3.05, 3.63) is 29.6 Å². The van der Waals surface area contributed by atoms with Gasteiger partial charge in [-0.25, -0.2) is 0 Å². The van der Waals surface area contributed by atoms with Crippen molar-refractivity contribution < 1.29 is 0 Å². The molecule has 0 aromatic carbocycles. The van der Waals surface area contributed by atoms with Gasteiger partial charge in [-0.3, -0.25) is 4.98 Å². The van der Waals surface area contributed by atoms with E-state index in [9.17, 15) is 0 Å². The Bertz CT molecular complexity index is 349. The van der Waals surface area contributed by atoms with Crippen LogP contribution in [-0.4, -0.2) is 4.98 Å². The van der Waals surface area contributed by atoms with Crippen LogP contribution in [0.4, 0.5) is 0 Å². The molecule has 0 amide bonds. The minimum atomic E-state index is 0.0702. The lowest BCUT2D eigenvalue weighted by atomic mass is 10.0. The first kappa shape index (κ1) is 8.21. The average molecular weight is 173 g/mol. The molecule has 0 radical (unpaired) electrons. The van der Waals surface area contributed by atoms with Gasteiger partial charge in [-0.1, -0.05) is 0 Å². The maximum Gasteiger partial charge on any atom is 0.101 e. The van der Waals surface area contributed by atoms with Crippen molar-refractivity contribution in [3.63, 3.8) is 0 Å². The molecule has 0 saturated heterocycles. The van der Waals surface area contributed by atoms with Crippen molar-refractivity contribution in [1.29, 1.82) is 5.26 Å². The van der Waals surface area contributed by atoms with E-state index in [4.69, 9.17) is 11.0 Å². The van der Waals surface area contributed by atoms with E-state index >= 15 is 0 Å². The van der Waals surface area contributed by atoms with E-state index in [1.165, 1.54) is 12.8 Å². The normalized spacial score (nSPS) is 17.8. The fraction of sp³-hybridized carbons (Fsp3) is 0.400. The van der Waals surface area contributed by atoms with Gasteiger partial charge in [0.1, 0.15) is 6.07 Å². The van der Waals surface area contributed by atoms with Gasteiger partial charge in [-0.15, -0.1) is 0 Å². The lowest BCUT2D eigenvalue weighted by molar-refractivity contribution is 0.630. The van der Waals surface area contributed by atoms with Crippen molar-refractivity contribution in [3.8, 4) is 6.07 Å². The highest BCUT2D eigenvalue weighted by Crippen LogP contribution is 2.39. The lowest BCUT2D eigenvalue weighted by Crippen LogP contribution is -2.12. The standard InChI is InChI=1S/C10H11N3/c11-4-7-3-9(6-13-5-7)10(12)8-1-2-8/h3,5-6,8,10H,1-2,12H2/t10-/m0/s1. The number of pyridine rings is 1. The fourth-order valence-electron chi connectivity index (χ4n) is 1.43. The first-order chi connectivity index (χ1) is 6.31. The van der Waals surface area contributed by atoms with Crippen LogP contribution < -0.4 is 5.73 Å². The van der Waals surface area contributed by atoms with Gasteiger partial charge in [-0.2, -0.15) is 5.26 Å². The third kappa shape index (κ3) is 1.68. The largest absolute Gasteiger partial charge is 0.324 e. The highest BCUT2D eigenvalue weighted by atomic mass is 14.7. The topological polar surface area (TPSA) is 62.7 Å². The van der Waals surface area contributed by atoms with Crippen LogP contribution in [-0.2, 0) is 0 Å². The Labute approximate surface area is 77.2 Å². The van der Waals surface area contributed by atoms with E-state index in [1.807, 2.05) is 6.07 Å². The summed E-state index contributed by atoms with van der Waals surface area (Å²) in [5.41, 5.74) is 7.55. The van der Waals surface area contributed by atoms with E-state index in [0.717, 1.165) is 5.56 Å². The number of nitrogens with zero attached hydrogens (tertiary/aromatic N) is 2. The fourth-order valence-corrected chi connectivity index (χ4v) is 1.43. The summed E-state index contributed by atoms with van der Waals surface area (Å²) in [5, 5.41) is 8.67. The van der Waals surface area contributed by atoms with E-state index in [0.29, 0.717) is 11.5 Å². The molecule has 1 aromatic rings. The number of hydrogen-bond acceptors (Lipinski definition) is 3. The zero-order valence-electron chi connectivity index (χ0n) is 7.27. The molecule has 0 bridgehead atoms. The van der Waals surface area contributed by atoms with Gasteiger partial charge in [0.25, 0.3) is 0 Å². The first-order valence-corrected chi connectivity index (χ1v) is 4.42. The number of aromatic nitrogens is 1. The monoisotopic (exact) mass is 173 g/mol. The predicted octanol–water partition coefficient (Wildman–Crippen LogP) is 1.36. The van der Waals surface area contributed by atoms with Crippen LogP contribution in [0.3, 0.4) is 0 Å². The van der Waals surface area contributed by atoms with Crippen molar-refractivity contribution in [2.75, 3.05) is 0 Å². The molecule has 1 heterocycles. The molecule has 3 nitrogen and oxygen atoms in total. The van der Waals surface area contributed by atoms with Gasteiger partial charge in [0.05, 0.1) is 5.56 Å². The molecule has 2 rings (SSSR count). The van der Waals surface area contributed by atoms with Crippen molar-refractivity contribution in [2.45, 2.75) is 18.9 Å². The highest BCUT2D eigenvalue weighted by molar-refractivity contribution is 5.31. The molecule has 1 aliphatic carbocycles.